The molecule has 0 bridgehead atoms. The number of carbonyl (C=O) groups excluding carboxylic acids is 2. The summed E-state index contributed by atoms with van der Waals surface area (Å²) in [5.74, 6) is -0.462. The second-order valence-corrected chi connectivity index (χ2v) is 7.63. The number of hydrogen-bond donors (Lipinski definition) is 1. The van der Waals surface area contributed by atoms with Gasteiger partial charge in [-0.3, -0.25) is 4.79 Å². The Kier molecular flexibility index (Phi) is 6.62. The summed E-state index contributed by atoms with van der Waals surface area (Å²) in [6, 6.07) is 1.37. The van der Waals surface area contributed by atoms with Gasteiger partial charge in [0.05, 0.1) is 0 Å². The average molecular weight is 363 g/mol. The normalized spacial score (nSPS) is 21.3. The van der Waals surface area contributed by atoms with Crippen molar-refractivity contribution in [1.29, 1.82) is 0 Å². The molecular weight excluding hydrogens is 334 g/mol. The third-order valence-electron chi connectivity index (χ3n) is 5.08. The maximum Gasteiger partial charge on any atom is 0.342 e. The maximum atomic E-state index is 12.7. The van der Waals surface area contributed by atoms with Crippen molar-refractivity contribution in [2.75, 3.05) is 0 Å². The van der Waals surface area contributed by atoms with E-state index in [9.17, 15) is 14.4 Å². The monoisotopic (exact) mass is 363 g/mol. The molecule has 0 aromatic carbocycles. The molecule has 1 saturated carbocycles. The minimum atomic E-state index is -0.887. The van der Waals surface area contributed by atoms with Crippen LogP contribution in [0.5, 0.6) is 0 Å². The standard InChI is InChI=1S/C20H29NO5/c1-11(2)18(19(23)21-15-9-7-6-8-12(15)3)26-20(24)17-13(4)10-16(22)25-14(17)5/h10-12,15,18H,6-9H2,1-5H3,(H,21,23)/t12-,15+,18+/m1/s1. The predicted molar refractivity (Wildman–Crippen MR) is 98.1 cm³/mol. The molecule has 0 aliphatic heterocycles. The van der Waals surface area contributed by atoms with Crippen LogP contribution in [-0.4, -0.2) is 24.0 Å². The molecule has 3 atom stereocenters. The van der Waals surface area contributed by atoms with Crippen molar-refractivity contribution in [2.24, 2.45) is 11.8 Å². The van der Waals surface area contributed by atoms with Crippen molar-refractivity contribution in [3.63, 3.8) is 0 Å². The molecule has 1 aliphatic rings. The van der Waals surface area contributed by atoms with Crippen LogP contribution in [0.15, 0.2) is 15.3 Å². The molecule has 1 fully saturated rings. The van der Waals surface area contributed by atoms with Crippen molar-refractivity contribution in [1.82, 2.24) is 5.32 Å². The lowest BCUT2D eigenvalue weighted by atomic mass is 9.85. The van der Waals surface area contributed by atoms with Gasteiger partial charge in [-0.25, -0.2) is 9.59 Å². The molecule has 144 valence electrons. The summed E-state index contributed by atoms with van der Waals surface area (Å²) in [5, 5.41) is 3.06. The van der Waals surface area contributed by atoms with Crippen molar-refractivity contribution in [2.45, 2.75) is 72.4 Å². The highest BCUT2D eigenvalue weighted by Gasteiger charge is 2.32. The molecule has 26 heavy (non-hydrogen) atoms. The molecule has 2 rings (SSSR count). The van der Waals surface area contributed by atoms with Gasteiger partial charge in [0, 0.05) is 12.1 Å². The molecule has 6 nitrogen and oxygen atoms in total. The molecule has 6 heteroatoms. The van der Waals surface area contributed by atoms with Crippen LogP contribution in [0, 0.1) is 25.7 Å². The van der Waals surface area contributed by atoms with Gasteiger partial charge in [0.1, 0.15) is 11.3 Å². The summed E-state index contributed by atoms with van der Waals surface area (Å²) in [6.45, 7) is 9.01. The van der Waals surface area contributed by atoms with Crippen molar-refractivity contribution in [3.8, 4) is 0 Å². The number of esters is 1. The Morgan fingerprint density at radius 2 is 1.88 bits per heavy atom. The van der Waals surface area contributed by atoms with Gasteiger partial charge in [0.2, 0.25) is 0 Å². The van der Waals surface area contributed by atoms with Crippen LogP contribution in [-0.2, 0) is 9.53 Å². The Morgan fingerprint density at radius 1 is 1.23 bits per heavy atom. The summed E-state index contributed by atoms with van der Waals surface area (Å²) < 4.78 is 10.5. The summed E-state index contributed by atoms with van der Waals surface area (Å²) in [4.78, 5) is 36.7. The fourth-order valence-corrected chi connectivity index (χ4v) is 3.52. The van der Waals surface area contributed by atoms with E-state index in [-0.39, 0.29) is 29.2 Å². The molecule has 0 spiro atoms. The van der Waals surface area contributed by atoms with Gasteiger partial charge < -0.3 is 14.5 Å². The topological polar surface area (TPSA) is 85.6 Å². The lowest BCUT2D eigenvalue weighted by molar-refractivity contribution is -0.133. The number of aryl methyl sites for hydroxylation is 2. The number of carbonyl (C=O) groups is 2. The van der Waals surface area contributed by atoms with Gasteiger partial charge in [-0.15, -0.1) is 0 Å². The van der Waals surface area contributed by atoms with Crippen molar-refractivity contribution < 1.29 is 18.7 Å². The first kappa shape index (κ1) is 20.2. The van der Waals surface area contributed by atoms with Crippen LogP contribution in [0.1, 0.15) is 68.1 Å². The van der Waals surface area contributed by atoms with Crippen LogP contribution in [0.25, 0.3) is 0 Å². The van der Waals surface area contributed by atoms with E-state index in [1.165, 1.54) is 12.5 Å². The van der Waals surface area contributed by atoms with E-state index in [1.807, 2.05) is 13.8 Å². The predicted octanol–water partition coefficient (Wildman–Crippen LogP) is 3.13. The zero-order valence-corrected chi connectivity index (χ0v) is 16.3. The van der Waals surface area contributed by atoms with Gasteiger partial charge in [0.25, 0.3) is 5.91 Å². The summed E-state index contributed by atoms with van der Waals surface area (Å²) in [6.07, 6.45) is 3.45. The molecule has 1 aliphatic carbocycles. The minimum absolute atomic E-state index is 0.120. The first-order chi connectivity index (χ1) is 12.2. The van der Waals surface area contributed by atoms with Crippen molar-refractivity contribution >= 4 is 11.9 Å². The quantitative estimate of drug-likeness (QED) is 0.812. The van der Waals surface area contributed by atoms with Crippen LogP contribution in [0.2, 0.25) is 0 Å². The molecule has 1 aromatic rings. The van der Waals surface area contributed by atoms with E-state index in [2.05, 4.69) is 12.2 Å². The van der Waals surface area contributed by atoms with E-state index in [0.717, 1.165) is 19.3 Å². The second kappa shape index (κ2) is 8.52. The maximum absolute atomic E-state index is 12.7. The van der Waals surface area contributed by atoms with E-state index in [4.69, 9.17) is 9.15 Å². The smallest absolute Gasteiger partial charge is 0.342 e. The third kappa shape index (κ3) is 4.74. The van der Waals surface area contributed by atoms with E-state index in [0.29, 0.717) is 11.5 Å². The lowest BCUT2D eigenvalue weighted by Gasteiger charge is -2.31. The minimum Gasteiger partial charge on any atom is -0.448 e. The van der Waals surface area contributed by atoms with E-state index < -0.39 is 17.7 Å². The molecule has 1 aromatic heterocycles. The van der Waals surface area contributed by atoms with Gasteiger partial charge in [-0.05, 0) is 44.1 Å². The number of amides is 1. The average Bonchev–Trinajstić information content (AvgIpc) is 2.53. The third-order valence-corrected chi connectivity index (χ3v) is 5.08. The highest BCUT2D eigenvalue weighted by molar-refractivity contribution is 5.94. The van der Waals surface area contributed by atoms with Crippen LogP contribution in [0.3, 0.4) is 0 Å². The summed E-state index contributed by atoms with van der Waals surface area (Å²) in [7, 11) is 0. The highest BCUT2D eigenvalue weighted by atomic mass is 16.5. The van der Waals surface area contributed by atoms with Crippen molar-refractivity contribution in [3.05, 3.63) is 33.4 Å². The zero-order valence-electron chi connectivity index (χ0n) is 16.3. The van der Waals surface area contributed by atoms with Crippen LogP contribution < -0.4 is 10.9 Å². The Hall–Kier alpha value is -2.11. The Morgan fingerprint density at radius 3 is 2.46 bits per heavy atom. The number of rotatable bonds is 5. The zero-order chi connectivity index (χ0) is 19.4. The van der Waals surface area contributed by atoms with Gasteiger partial charge in [0.15, 0.2) is 6.10 Å². The number of hydrogen-bond acceptors (Lipinski definition) is 5. The first-order valence-electron chi connectivity index (χ1n) is 9.33. The molecule has 1 amide bonds. The van der Waals surface area contributed by atoms with E-state index in [1.54, 1.807) is 13.8 Å². The molecular formula is C20H29NO5. The van der Waals surface area contributed by atoms with Gasteiger partial charge in [-0.1, -0.05) is 33.6 Å². The Bertz CT molecular complexity index is 695. The number of ether oxygens (including phenoxy) is 1. The second-order valence-electron chi connectivity index (χ2n) is 7.63. The molecule has 1 heterocycles. The SMILES string of the molecule is Cc1cc(=O)oc(C)c1C(=O)O[C@H](C(=O)N[C@H]1CCCC[C@H]1C)C(C)C. The lowest BCUT2D eigenvalue weighted by Crippen LogP contribution is -2.48. The van der Waals surface area contributed by atoms with Crippen LogP contribution in [0.4, 0.5) is 0 Å². The highest BCUT2D eigenvalue weighted by Crippen LogP contribution is 2.24. The Labute approximate surface area is 154 Å². The van der Waals surface area contributed by atoms with Gasteiger partial charge >= 0.3 is 11.6 Å². The van der Waals surface area contributed by atoms with Crippen LogP contribution >= 0.6 is 0 Å². The largest absolute Gasteiger partial charge is 0.448 e. The number of nitrogens with one attached hydrogen (secondary N) is 1. The van der Waals surface area contributed by atoms with Gasteiger partial charge in [-0.2, -0.15) is 0 Å². The fraction of sp³-hybridized carbons (Fsp3) is 0.650. The molecule has 0 unspecified atom stereocenters. The molecule has 1 N–H and O–H groups in total. The first-order valence-corrected chi connectivity index (χ1v) is 9.33. The fourth-order valence-electron chi connectivity index (χ4n) is 3.52. The van der Waals surface area contributed by atoms with E-state index >= 15 is 0 Å². The summed E-state index contributed by atoms with van der Waals surface area (Å²) in [5.41, 5.74) is 0.169. The molecule has 0 radical (unpaired) electrons. The summed E-state index contributed by atoms with van der Waals surface area (Å²) >= 11 is 0. The molecule has 0 saturated heterocycles. The Balaban J connectivity index is 2.13.